The molecule has 2 N–H and O–H groups in total. The van der Waals surface area contributed by atoms with Crippen molar-refractivity contribution in [3.63, 3.8) is 0 Å². The number of ether oxygens (including phenoxy) is 1. The van der Waals surface area contributed by atoms with E-state index in [0.29, 0.717) is 5.39 Å². The number of rotatable bonds is 5. The van der Waals surface area contributed by atoms with Crippen LogP contribution in [0, 0.1) is 0 Å². The lowest BCUT2D eigenvalue weighted by molar-refractivity contribution is -0.144. The van der Waals surface area contributed by atoms with Crippen LogP contribution < -0.4 is 10.9 Å². The van der Waals surface area contributed by atoms with Gasteiger partial charge in [-0.25, -0.2) is 9.97 Å². The quantitative estimate of drug-likeness (QED) is 0.827. The highest BCUT2D eigenvalue weighted by molar-refractivity contribution is 5.90. The Morgan fingerprint density at radius 1 is 1.27 bits per heavy atom. The number of hydrogen-bond acceptors (Lipinski definition) is 5. The topological polar surface area (TPSA) is 76.1 Å². The number of hydrogen-bond donors (Lipinski definition) is 2. The number of hydrazine groups is 1. The van der Waals surface area contributed by atoms with Crippen LogP contribution in [-0.2, 0) is 15.7 Å². The number of fused-ring (bicyclic) bond motifs is 1. The van der Waals surface area contributed by atoms with Crippen molar-refractivity contribution in [2.45, 2.75) is 12.6 Å². The van der Waals surface area contributed by atoms with Crippen molar-refractivity contribution in [2.75, 3.05) is 19.1 Å². The maximum Gasteiger partial charge on any atom is 0.451 e. The van der Waals surface area contributed by atoms with Crippen LogP contribution in [0.15, 0.2) is 24.3 Å². The average Bonchev–Trinajstić information content (AvgIpc) is 2.49. The van der Waals surface area contributed by atoms with Gasteiger partial charge in [-0.2, -0.15) is 13.2 Å². The highest BCUT2D eigenvalue weighted by atomic mass is 19.4. The Hall–Kier alpha value is -2.42. The zero-order valence-electron chi connectivity index (χ0n) is 11.6. The summed E-state index contributed by atoms with van der Waals surface area (Å²) in [6.45, 7) is 0.200. The SMILES string of the molecule is COCCC(=O)NNc1nc(C(F)(F)F)nc2ccccc12. The van der Waals surface area contributed by atoms with Crippen LogP contribution >= 0.6 is 0 Å². The van der Waals surface area contributed by atoms with Crippen molar-refractivity contribution < 1.29 is 22.7 Å². The summed E-state index contributed by atoms with van der Waals surface area (Å²) in [6, 6.07) is 6.19. The summed E-state index contributed by atoms with van der Waals surface area (Å²) in [5.74, 6) is -1.83. The number of nitrogens with zero attached hydrogens (tertiary/aromatic N) is 2. The minimum absolute atomic E-state index is 0.0681. The third kappa shape index (κ3) is 3.82. The van der Waals surface area contributed by atoms with Crippen molar-refractivity contribution in [3.8, 4) is 0 Å². The molecular weight excluding hydrogens is 301 g/mol. The molecule has 22 heavy (non-hydrogen) atoms. The van der Waals surface area contributed by atoms with E-state index in [-0.39, 0.29) is 24.4 Å². The molecule has 0 unspecified atom stereocenters. The van der Waals surface area contributed by atoms with E-state index in [0.717, 1.165) is 0 Å². The van der Waals surface area contributed by atoms with Gasteiger partial charge in [-0.15, -0.1) is 0 Å². The summed E-state index contributed by atoms with van der Waals surface area (Å²) >= 11 is 0. The van der Waals surface area contributed by atoms with Crippen molar-refractivity contribution in [3.05, 3.63) is 30.1 Å². The fraction of sp³-hybridized carbons (Fsp3) is 0.308. The third-order valence-corrected chi connectivity index (χ3v) is 2.71. The maximum absolute atomic E-state index is 12.8. The van der Waals surface area contributed by atoms with Crippen LogP contribution in [0.3, 0.4) is 0 Å². The Morgan fingerprint density at radius 2 is 2.00 bits per heavy atom. The largest absolute Gasteiger partial charge is 0.451 e. The molecule has 9 heteroatoms. The number of carbonyl (C=O) groups excluding carboxylic acids is 1. The van der Waals surface area contributed by atoms with Crippen LogP contribution in [0.4, 0.5) is 19.0 Å². The van der Waals surface area contributed by atoms with Crippen LogP contribution in [0.5, 0.6) is 0 Å². The summed E-state index contributed by atoms with van der Waals surface area (Å²) in [6.07, 6.45) is -4.61. The molecule has 0 bridgehead atoms. The normalized spacial score (nSPS) is 11.5. The molecule has 2 aromatic rings. The molecule has 0 aliphatic carbocycles. The molecule has 0 atom stereocenters. The molecule has 1 amide bonds. The van der Waals surface area contributed by atoms with Crippen molar-refractivity contribution in [1.29, 1.82) is 0 Å². The second-order valence-electron chi connectivity index (χ2n) is 4.33. The van der Waals surface area contributed by atoms with E-state index in [1.54, 1.807) is 18.2 Å². The van der Waals surface area contributed by atoms with Gasteiger partial charge in [-0.1, -0.05) is 12.1 Å². The van der Waals surface area contributed by atoms with Crippen molar-refractivity contribution >= 4 is 22.6 Å². The Balaban J connectivity index is 2.29. The number of aromatic nitrogens is 2. The Kier molecular flexibility index (Phi) is 4.76. The molecule has 0 radical (unpaired) electrons. The number of methoxy groups -OCH3 is 1. The summed E-state index contributed by atoms with van der Waals surface area (Å²) in [4.78, 5) is 18.4. The standard InChI is InChI=1S/C13H13F3N4O2/c1-22-7-6-10(21)19-20-11-8-4-2-3-5-9(8)17-12(18-11)13(14,15)16/h2-5H,6-7H2,1H3,(H,19,21)(H,17,18,20). The molecule has 1 aromatic carbocycles. The van der Waals surface area contributed by atoms with Gasteiger partial charge in [0.25, 0.3) is 0 Å². The first kappa shape index (κ1) is 16.0. The van der Waals surface area contributed by atoms with E-state index >= 15 is 0 Å². The summed E-state index contributed by atoms with van der Waals surface area (Å²) in [5.41, 5.74) is 4.80. The molecule has 118 valence electrons. The summed E-state index contributed by atoms with van der Waals surface area (Å²) < 4.78 is 43.1. The molecule has 0 aliphatic heterocycles. The first-order valence-electron chi connectivity index (χ1n) is 6.29. The monoisotopic (exact) mass is 314 g/mol. The molecule has 0 fully saturated rings. The highest BCUT2D eigenvalue weighted by Crippen LogP contribution is 2.29. The number of alkyl halides is 3. The maximum atomic E-state index is 12.8. The predicted octanol–water partition coefficient (Wildman–Crippen LogP) is 2.13. The lowest BCUT2D eigenvalue weighted by Gasteiger charge is -2.12. The van der Waals surface area contributed by atoms with E-state index in [1.807, 2.05) is 0 Å². The van der Waals surface area contributed by atoms with Gasteiger partial charge in [0.05, 0.1) is 18.5 Å². The number of amides is 1. The molecule has 1 heterocycles. The molecule has 0 saturated heterocycles. The molecule has 6 nitrogen and oxygen atoms in total. The van der Waals surface area contributed by atoms with E-state index in [2.05, 4.69) is 20.8 Å². The minimum atomic E-state index is -4.68. The third-order valence-electron chi connectivity index (χ3n) is 2.71. The highest BCUT2D eigenvalue weighted by Gasteiger charge is 2.35. The smallest absolute Gasteiger partial charge is 0.384 e. The first-order valence-corrected chi connectivity index (χ1v) is 6.29. The van der Waals surface area contributed by atoms with E-state index < -0.39 is 17.9 Å². The van der Waals surface area contributed by atoms with Gasteiger partial charge >= 0.3 is 6.18 Å². The molecule has 1 aromatic heterocycles. The molecule has 0 spiro atoms. The van der Waals surface area contributed by atoms with E-state index in [9.17, 15) is 18.0 Å². The number of carbonyl (C=O) groups is 1. The van der Waals surface area contributed by atoms with Crippen LogP contribution in [0.2, 0.25) is 0 Å². The lowest BCUT2D eigenvalue weighted by Crippen LogP contribution is -2.31. The number of benzene rings is 1. The predicted molar refractivity (Wildman–Crippen MR) is 72.8 cm³/mol. The fourth-order valence-corrected chi connectivity index (χ4v) is 1.68. The Bertz CT molecular complexity index is 676. The Morgan fingerprint density at radius 3 is 2.68 bits per heavy atom. The zero-order chi connectivity index (χ0) is 16.2. The molecule has 0 saturated carbocycles. The van der Waals surface area contributed by atoms with Crippen LogP contribution in [0.1, 0.15) is 12.2 Å². The zero-order valence-corrected chi connectivity index (χ0v) is 11.6. The van der Waals surface area contributed by atoms with Gasteiger partial charge in [0.2, 0.25) is 11.7 Å². The number of anilines is 1. The number of halogens is 3. The fourth-order valence-electron chi connectivity index (χ4n) is 1.68. The second kappa shape index (κ2) is 6.56. The van der Waals surface area contributed by atoms with Gasteiger partial charge in [0.15, 0.2) is 5.82 Å². The number of nitrogens with one attached hydrogen (secondary N) is 2. The average molecular weight is 314 g/mol. The van der Waals surface area contributed by atoms with E-state index in [4.69, 9.17) is 4.74 Å². The van der Waals surface area contributed by atoms with Gasteiger partial charge in [-0.05, 0) is 12.1 Å². The second-order valence-corrected chi connectivity index (χ2v) is 4.33. The van der Waals surface area contributed by atoms with Gasteiger partial charge in [-0.3, -0.25) is 15.6 Å². The van der Waals surface area contributed by atoms with Crippen LogP contribution in [0.25, 0.3) is 10.9 Å². The van der Waals surface area contributed by atoms with Crippen molar-refractivity contribution in [2.24, 2.45) is 0 Å². The minimum Gasteiger partial charge on any atom is -0.384 e. The lowest BCUT2D eigenvalue weighted by atomic mass is 10.2. The summed E-state index contributed by atoms with van der Waals surface area (Å²) in [7, 11) is 1.44. The number of para-hydroxylation sites is 1. The molecule has 2 rings (SSSR count). The molecule has 0 aliphatic rings. The Labute approximate surface area is 123 Å². The van der Waals surface area contributed by atoms with Crippen LogP contribution in [-0.4, -0.2) is 29.6 Å². The first-order chi connectivity index (χ1) is 10.4. The summed E-state index contributed by atoms with van der Waals surface area (Å²) in [5, 5.41) is 0.363. The van der Waals surface area contributed by atoms with Crippen molar-refractivity contribution in [1.82, 2.24) is 15.4 Å². The van der Waals surface area contributed by atoms with E-state index in [1.165, 1.54) is 13.2 Å². The van der Waals surface area contributed by atoms with Gasteiger partial charge in [0, 0.05) is 12.5 Å². The van der Waals surface area contributed by atoms with Gasteiger partial charge in [0.1, 0.15) is 0 Å². The molecular formula is C13H13F3N4O2. The van der Waals surface area contributed by atoms with Gasteiger partial charge < -0.3 is 4.74 Å².